The van der Waals surface area contributed by atoms with Gasteiger partial charge in [-0.25, -0.2) is 0 Å². The van der Waals surface area contributed by atoms with E-state index < -0.39 is 0 Å². The first-order valence-corrected chi connectivity index (χ1v) is 6.86. The lowest BCUT2D eigenvalue weighted by atomic mass is 10.0. The van der Waals surface area contributed by atoms with Gasteiger partial charge in [0.1, 0.15) is 5.69 Å². The predicted octanol–water partition coefficient (Wildman–Crippen LogP) is 3.41. The monoisotopic (exact) mass is 284 g/mol. The quantitative estimate of drug-likeness (QED) is 0.878. The summed E-state index contributed by atoms with van der Waals surface area (Å²) in [6.45, 7) is 7.47. The second-order valence-electron chi connectivity index (χ2n) is 5.51. The van der Waals surface area contributed by atoms with Crippen molar-refractivity contribution >= 4 is 17.4 Å². The molecule has 0 saturated heterocycles. The molecule has 1 heterocycles. The van der Waals surface area contributed by atoms with E-state index in [4.69, 9.17) is 0 Å². The summed E-state index contributed by atoms with van der Waals surface area (Å²) in [7, 11) is 1.76. The molecule has 110 valence electrons. The van der Waals surface area contributed by atoms with Crippen molar-refractivity contribution in [2.75, 3.05) is 5.32 Å². The summed E-state index contributed by atoms with van der Waals surface area (Å²) in [6.07, 6.45) is 1.67. The number of Topliss-reactive ketones (excluding diaryl/α,β-unsaturated/α-hetero) is 1. The Bertz CT molecular complexity index is 703. The summed E-state index contributed by atoms with van der Waals surface area (Å²) < 4.78 is 1.67. The molecule has 0 atom stereocenters. The highest BCUT2D eigenvalue weighted by Gasteiger charge is 2.15. The third-order valence-corrected chi connectivity index (χ3v) is 3.56. The standard InChI is InChI=1S/C17H20N2O2/c1-10-6-11(2)16(12(3)7-10)18-17(21)15-8-14(13(4)20)9-19(15)5/h6-9H,1-5H3,(H,18,21). The number of aryl methyl sites for hydroxylation is 4. The lowest BCUT2D eigenvalue weighted by Gasteiger charge is -2.13. The van der Waals surface area contributed by atoms with E-state index in [0.717, 1.165) is 16.8 Å². The lowest BCUT2D eigenvalue weighted by molar-refractivity contribution is 0.101. The zero-order valence-corrected chi connectivity index (χ0v) is 13.1. The number of carbonyl (C=O) groups excluding carboxylic acids is 2. The van der Waals surface area contributed by atoms with E-state index in [9.17, 15) is 9.59 Å². The molecule has 1 amide bonds. The molecule has 0 spiro atoms. The molecule has 0 radical (unpaired) electrons. The van der Waals surface area contributed by atoms with Gasteiger partial charge in [0.05, 0.1) is 0 Å². The van der Waals surface area contributed by atoms with Crippen LogP contribution in [0.4, 0.5) is 5.69 Å². The fourth-order valence-corrected chi connectivity index (χ4v) is 2.54. The number of benzene rings is 1. The minimum atomic E-state index is -0.208. The number of rotatable bonds is 3. The molecule has 4 nitrogen and oxygen atoms in total. The number of amides is 1. The number of aromatic nitrogens is 1. The summed E-state index contributed by atoms with van der Waals surface area (Å²) in [5, 5.41) is 2.94. The molecule has 4 heteroatoms. The van der Waals surface area contributed by atoms with Gasteiger partial charge in [-0.3, -0.25) is 9.59 Å². The third-order valence-electron chi connectivity index (χ3n) is 3.56. The maximum atomic E-state index is 12.4. The summed E-state index contributed by atoms with van der Waals surface area (Å²) in [5.41, 5.74) is 5.07. The van der Waals surface area contributed by atoms with Crippen molar-refractivity contribution in [1.82, 2.24) is 4.57 Å². The zero-order valence-electron chi connectivity index (χ0n) is 13.1. The van der Waals surface area contributed by atoms with Gasteiger partial charge in [0.2, 0.25) is 0 Å². The van der Waals surface area contributed by atoms with E-state index >= 15 is 0 Å². The van der Waals surface area contributed by atoms with Gasteiger partial charge in [-0.1, -0.05) is 17.7 Å². The smallest absolute Gasteiger partial charge is 0.272 e. The Kier molecular flexibility index (Phi) is 3.98. The minimum absolute atomic E-state index is 0.0488. The van der Waals surface area contributed by atoms with Crippen LogP contribution in [0, 0.1) is 20.8 Å². The Hall–Kier alpha value is -2.36. The van der Waals surface area contributed by atoms with E-state index in [-0.39, 0.29) is 11.7 Å². The molecular formula is C17H20N2O2. The van der Waals surface area contributed by atoms with Crippen LogP contribution in [0.5, 0.6) is 0 Å². The van der Waals surface area contributed by atoms with E-state index in [1.54, 1.807) is 23.9 Å². The first kappa shape index (κ1) is 15.0. The fourth-order valence-electron chi connectivity index (χ4n) is 2.54. The number of anilines is 1. The molecule has 2 rings (SSSR count). The molecule has 0 fully saturated rings. The van der Waals surface area contributed by atoms with Gasteiger partial charge in [-0.05, 0) is 44.9 Å². The summed E-state index contributed by atoms with van der Waals surface area (Å²) in [5.74, 6) is -0.257. The molecule has 2 aromatic rings. The third kappa shape index (κ3) is 3.05. The topological polar surface area (TPSA) is 51.1 Å². The van der Waals surface area contributed by atoms with E-state index in [1.165, 1.54) is 12.5 Å². The Balaban J connectivity index is 2.33. The maximum Gasteiger partial charge on any atom is 0.272 e. The van der Waals surface area contributed by atoms with Crippen molar-refractivity contribution in [3.8, 4) is 0 Å². The predicted molar refractivity (Wildman–Crippen MR) is 84.0 cm³/mol. The van der Waals surface area contributed by atoms with Gasteiger partial charge < -0.3 is 9.88 Å². The molecule has 21 heavy (non-hydrogen) atoms. The largest absolute Gasteiger partial charge is 0.346 e. The zero-order chi connectivity index (χ0) is 15.7. The fraction of sp³-hybridized carbons (Fsp3) is 0.294. The number of carbonyl (C=O) groups is 2. The molecule has 1 N–H and O–H groups in total. The van der Waals surface area contributed by atoms with Crippen LogP contribution in [0.3, 0.4) is 0 Å². The number of nitrogens with one attached hydrogen (secondary N) is 1. The molecule has 0 saturated carbocycles. The molecule has 0 aliphatic carbocycles. The number of nitrogens with zero attached hydrogens (tertiary/aromatic N) is 1. The van der Waals surface area contributed by atoms with Crippen LogP contribution in [0.15, 0.2) is 24.4 Å². The molecular weight excluding hydrogens is 264 g/mol. The van der Waals surface area contributed by atoms with Crippen LogP contribution < -0.4 is 5.32 Å². The van der Waals surface area contributed by atoms with Crippen molar-refractivity contribution in [2.45, 2.75) is 27.7 Å². The molecule has 0 aliphatic rings. The SMILES string of the molecule is CC(=O)c1cc(C(=O)Nc2c(C)cc(C)cc2C)n(C)c1. The van der Waals surface area contributed by atoms with Gasteiger partial charge in [0.25, 0.3) is 5.91 Å². The molecule has 0 bridgehead atoms. The molecule has 0 aliphatic heterocycles. The maximum absolute atomic E-state index is 12.4. The van der Waals surface area contributed by atoms with Gasteiger partial charge in [-0.15, -0.1) is 0 Å². The summed E-state index contributed by atoms with van der Waals surface area (Å²) >= 11 is 0. The molecule has 1 aromatic carbocycles. The van der Waals surface area contributed by atoms with Crippen LogP contribution in [-0.4, -0.2) is 16.3 Å². The Morgan fingerprint density at radius 2 is 1.62 bits per heavy atom. The highest BCUT2D eigenvalue weighted by atomic mass is 16.2. The number of ketones is 1. The van der Waals surface area contributed by atoms with Crippen molar-refractivity contribution in [3.63, 3.8) is 0 Å². The highest BCUT2D eigenvalue weighted by molar-refractivity contribution is 6.06. The van der Waals surface area contributed by atoms with E-state index in [1.807, 2.05) is 32.9 Å². The van der Waals surface area contributed by atoms with Crippen molar-refractivity contribution in [2.24, 2.45) is 7.05 Å². The van der Waals surface area contributed by atoms with Crippen molar-refractivity contribution in [1.29, 1.82) is 0 Å². The summed E-state index contributed by atoms with van der Waals surface area (Å²) in [6, 6.07) is 5.69. The number of hydrogen-bond acceptors (Lipinski definition) is 2. The van der Waals surface area contributed by atoms with Gasteiger partial charge >= 0.3 is 0 Å². The van der Waals surface area contributed by atoms with Crippen LogP contribution in [0.25, 0.3) is 0 Å². The van der Waals surface area contributed by atoms with Crippen LogP contribution in [-0.2, 0) is 7.05 Å². The van der Waals surface area contributed by atoms with E-state index in [2.05, 4.69) is 5.32 Å². The average molecular weight is 284 g/mol. The first-order valence-electron chi connectivity index (χ1n) is 6.86. The van der Waals surface area contributed by atoms with E-state index in [0.29, 0.717) is 11.3 Å². The van der Waals surface area contributed by atoms with Crippen LogP contribution in [0.1, 0.15) is 44.5 Å². The van der Waals surface area contributed by atoms with Gasteiger partial charge in [0.15, 0.2) is 5.78 Å². The Labute approximate surface area is 124 Å². The highest BCUT2D eigenvalue weighted by Crippen LogP contribution is 2.23. The van der Waals surface area contributed by atoms with Crippen molar-refractivity contribution < 1.29 is 9.59 Å². The van der Waals surface area contributed by atoms with Crippen LogP contribution >= 0.6 is 0 Å². The number of hydrogen-bond donors (Lipinski definition) is 1. The normalized spacial score (nSPS) is 10.5. The lowest BCUT2D eigenvalue weighted by Crippen LogP contribution is -2.16. The van der Waals surface area contributed by atoms with Crippen molar-refractivity contribution in [3.05, 3.63) is 52.3 Å². The summed E-state index contributed by atoms with van der Waals surface area (Å²) in [4.78, 5) is 23.8. The second-order valence-corrected chi connectivity index (χ2v) is 5.51. The van der Waals surface area contributed by atoms with Gasteiger partial charge in [0, 0.05) is 24.5 Å². The Morgan fingerprint density at radius 3 is 2.10 bits per heavy atom. The molecule has 1 aromatic heterocycles. The second kappa shape index (κ2) is 5.56. The first-order chi connectivity index (χ1) is 9.79. The Morgan fingerprint density at radius 1 is 1.05 bits per heavy atom. The van der Waals surface area contributed by atoms with Crippen LogP contribution in [0.2, 0.25) is 0 Å². The average Bonchev–Trinajstić information content (AvgIpc) is 2.76. The van der Waals surface area contributed by atoms with Gasteiger partial charge in [-0.2, -0.15) is 0 Å². The minimum Gasteiger partial charge on any atom is -0.346 e. The molecule has 0 unspecified atom stereocenters.